The molecule has 0 unspecified atom stereocenters. The molecule has 112 valence electrons. The molecule has 0 aliphatic heterocycles. The van der Waals surface area contributed by atoms with Gasteiger partial charge in [0.25, 0.3) is 13.3 Å². The molecular formula is C17H29AlLiNO. The van der Waals surface area contributed by atoms with Crippen LogP contribution in [-0.4, -0.2) is 26.6 Å². The van der Waals surface area contributed by atoms with Gasteiger partial charge in [0.15, 0.2) is 0 Å². The summed E-state index contributed by atoms with van der Waals surface area (Å²) in [7, 11) is 1.69. The molecule has 0 spiro atoms. The van der Waals surface area contributed by atoms with Gasteiger partial charge in [-0.1, -0.05) is 39.5 Å². The molecule has 0 aliphatic rings. The number of hydrogen-bond acceptors (Lipinski definition) is 2. The second-order valence-electron chi connectivity index (χ2n) is 7.04. The van der Waals surface area contributed by atoms with Gasteiger partial charge in [0.2, 0.25) is 0 Å². The maximum absolute atomic E-state index is 5.19. The fourth-order valence-corrected chi connectivity index (χ4v) is 8.24. The zero-order valence-electron chi connectivity index (χ0n) is 14.9. The van der Waals surface area contributed by atoms with Gasteiger partial charge in [-0.15, -0.1) is 0 Å². The Labute approximate surface area is 145 Å². The van der Waals surface area contributed by atoms with Gasteiger partial charge in [0.05, 0.1) is 7.11 Å². The summed E-state index contributed by atoms with van der Waals surface area (Å²) in [5.41, 5.74) is 1.17. The SMILES string of the molecule is COc1ccc(/C=[N]/[Al-]([CH3])([CH2]C(C)C)[CH2]C(C)C)cc1.[Li+]. The van der Waals surface area contributed by atoms with Crippen molar-refractivity contribution in [3.8, 4) is 5.75 Å². The first kappa shape index (κ1) is 20.8. The minimum absolute atomic E-state index is 0. The fraction of sp³-hybridized carbons (Fsp3) is 0.588. The van der Waals surface area contributed by atoms with Crippen LogP contribution < -0.4 is 23.6 Å². The van der Waals surface area contributed by atoms with Crippen LogP contribution in [0.2, 0.25) is 16.4 Å². The van der Waals surface area contributed by atoms with Gasteiger partial charge < -0.3 is 8.71 Å². The molecule has 0 atom stereocenters. The Morgan fingerprint density at radius 2 is 1.52 bits per heavy atom. The largest absolute Gasteiger partial charge is 1.00 e. The summed E-state index contributed by atoms with van der Waals surface area (Å²) < 4.78 is 10.2. The number of methoxy groups -OCH3 is 1. The van der Waals surface area contributed by atoms with Crippen molar-refractivity contribution >= 4 is 19.5 Å². The maximum atomic E-state index is 5.19. The van der Waals surface area contributed by atoms with Crippen LogP contribution in [0.25, 0.3) is 0 Å². The molecule has 0 N–H and O–H groups in total. The summed E-state index contributed by atoms with van der Waals surface area (Å²) in [6.45, 7) is 9.23. The topological polar surface area (TPSA) is 21.6 Å². The quantitative estimate of drug-likeness (QED) is 0.557. The fourth-order valence-electron chi connectivity index (χ4n) is 3.21. The van der Waals surface area contributed by atoms with Crippen LogP contribution in [0.4, 0.5) is 0 Å². The first-order valence-electron chi connectivity index (χ1n) is 7.76. The molecule has 21 heavy (non-hydrogen) atoms. The Morgan fingerprint density at radius 3 is 1.90 bits per heavy atom. The van der Waals surface area contributed by atoms with Crippen molar-refractivity contribution in [1.82, 2.24) is 0 Å². The van der Waals surface area contributed by atoms with E-state index in [0.717, 1.165) is 17.6 Å². The van der Waals surface area contributed by atoms with E-state index < -0.39 is 13.3 Å². The number of nitrogens with zero attached hydrogens (tertiary/aromatic N) is 1. The van der Waals surface area contributed by atoms with Crippen LogP contribution in [0.5, 0.6) is 5.75 Å². The van der Waals surface area contributed by atoms with Crippen molar-refractivity contribution in [2.75, 3.05) is 7.11 Å². The predicted octanol–water partition coefficient (Wildman–Crippen LogP) is 2.01. The van der Waals surface area contributed by atoms with Gasteiger partial charge in [-0.2, -0.15) is 16.4 Å². The Balaban J connectivity index is 0.00000400. The average Bonchev–Trinajstić information content (AvgIpc) is 2.35. The van der Waals surface area contributed by atoms with Gasteiger partial charge >= 0.3 is 18.9 Å². The summed E-state index contributed by atoms with van der Waals surface area (Å²) in [5.74, 6) is 4.80. The van der Waals surface area contributed by atoms with E-state index in [2.05, 4.69) is 51.8 Å². The molecule has 0 aliphatic carbocycles. The zero-order valence-corrected chi connectivity index (χ0v) is 16.0. The van der Waals surface area contributed by atoms with Gasteiger partial charge in [0, 0.05) is 0 Å². The van der Waals surface area contributed by atoms with Crippen molar-refractivity contribution in [1.29, 1.82) is 0 Å². The number of hydrogen-bond donors (Lipinski definition) is 0. The standard InChI is InChI=1S/C8H8NO.2C4H9.CH3.Al.Li/c1-10-8-4-2-7(6-9)3-5-8;2*1-4(2)3;;;/h2-6H,1H3;2*4H,1H2,2-3H3;1H3;;/q-1;;;;;+1. The van der Waals surface area contributed by atoms with E-state index in [0.29, 0.717) is 0 Å². The molecule has 0 radical (unpaired) electrons. The molecule has 0 saturated carbocycles. The summed E-state index contributed by atoms with van der Waals surface area (Å²) in [4.78, 5) is 0. The van der Waals surface area contributed by atoms with E-state index in [1.807, 2.05) is 12.1 Å². The summed E-state index contributed by atoms with van der Waals surface area (Å²) in [6.07, 6.45) is 2.08. The van der Waals surface area contributed by atoms with Crippen molar-refractivity contribution in [3.63, 3.8) is 0 Å². The van der Waals surface area contributed by atoms with Crippen molar-refractivity contribution < 1.29 is 23.6 Å². The third-order valence-corrected chi connectivity index (χ3v) is 8.44. The number of rotatable bonds is 7. The van der Waals surface area contributed by atoms with Gasteiger partial charge in [-0.25, -0.2) is 0 Å². The van der Waals surface area contributed by atoms with Crippen molar-refractivity contribution in [3.05, 3.63) is 29.8 Å². The molecule has 0 amide bonds. The van der Waals surface area contributed by atoms with E-state index in [1.165, 1.54) is 16.1 Å². The van der Waals surface area contributed by atoms with Crippen LogP contribution in [0.3, 0.4) is 0 Å². The van der Waals surface area contributed by atoms with E-state index in [-0.39, 0.29) is 18.9 Å². The Hall–Kier alpha value is -0.180. The van der Waals surface area contributed by atoms with Crippen LogP contribution in [0.15, 0.2) is 28.2 Å². The van der Waals surface area contributed by atoms with Crippen molar-refractivity contribution in [2.24, 2.45) is 15.8 Å². The molecule has 0 heterocycles. The van der Waals surface area contributed by atoms with Crippen molar-refractivity contribution in [2.45, 2.75) is 44.0 Å². The average molecular weight is 297 g/mol. The van der Waals surface area contributed by atoms with E-state index >= 15 is 0 Å². The van der Waals surface area contributed by atoms with Gasteiger partial charge in [-0.3, -0.25) is 0 Å². The normalized spacial score (nSPS) is 12.0. The third-order valence-electron chi connectivity index (χ3n) is 3.66. The van der Waals surface area contributed by atoms with E-state index in [4.69, 9.17) is 8.71 Å². The number of benzene rings is 1. The summed E-state index contributed by atoms with van der Waals surface area (Å²) >= 11 is -1.86. The maximum Gasteiger partial charge on any atom is 1.00 e. The van der Waals surface area contributed by atoms with E-state index in [9.17, 15) is 0 Å². The molecule has 1 rings (SSSR count). The van der Waals surface area contributed by atoms with Crippen LogP contribution in [-0.2, 0) is 0 Å². The van der Waals surface area contributed by atoms with Gasteiger partial charge in [0.1, 0.15) is 5.75 Å². The Bertz CT molecular complexity index is 419. The molecule has 0 aromatic heterocycles. The first-order chi connectivity index (χ1) is 9.34. The summed E-state index contributed by atoms with van der Waals surface area (Å²) in [5, 5.41) is 2.58. The molecule has 1 aromatic rings. The Kier molecular flexibility index (Phi) is 9.68. The minimum atomic E-state index is -1.86. The number of ether oxygens (including phenoxy) is 1. The molecule has 2 nitrogen and oxygen atoms in total. The Morgan fingerprint density at radius 1 is 1.05 bits per heavy atom. The summed E-state index contributed by atoms with van der Waals surface area (Å²) in [6, 6.07) is 8.14. The van der Waals surface area contributed by atoms with Crippen LogP contribution >= 0.6 is 0 Å². The molecule has 0 fully saturated rings. The molecule has 4 heteroatoms. The van der Waals surface area contributed by atoms with Gasteiger partial charge in [-0.05, 0) is 36.0 Å². The third kappa shape index (κ3) is 8.13. The van der Waals surface area contributed by atoms with Crippen LogP contribution in [0, 0.1) is 11.8 Å². The second-order valence-corrected chi connectivity index (χ2v) is 11.7. The second kappa shape index (κ2) is 9.76. The smallest absolute Gasteiger partial charge is 0.557 e. The predicted molar refractivity (Wildman–Crippen MR) is 91.5 cm³/mol. The monoisotopic (exact) mass is 297 g/mol. The molecule has 0 saturated heterocycles. The molecular weight excluding hydrogens is 268 g/mol. The zero-order chi connectivity index (χ0) is 15.2. The van der Waals surface area contributed by atoms with Crippen LogP contribution in [0.1, 0.15) is 33.3 Å². The molecule has 0 bridgehead atoms. The minimum Gasteiger partial charge on any atom is -0.557 e. The van der Waals surface area contributed by atoms with E-state index in [1.54, 1.807) is 7.11 Å². The first-order valence-corrected chi connectivity index (χ1v) is 11.1. The molecule has 1 aromatic carbocycles.